The molecule has 1 aromatic rings. The summed E-state index contributed by atoms with van der Waals surface area (Å²) in [5, 5.41) is 7.73. The Morgan fingerprint density at radius 1 is 1.24 bits per heavy atom. The maximum Gasteiger partial charge on any atom is 0.339 e. The van der Waals surface area contributed by atoms with Crippen LogP contribution in [-0.2, 0) is 9.53 Å². The number of anilines is 1. The standard InChI is InChI=1S/C14H17N3O4/c1-21-13(19)10-4-2-3-5-11(10)17-12(18)8-15-14(20)16-9-6-7-9/h2-5,9H,6-8H2,1H3,(H,17,18)(H2,15,16,20). The second-order valence-electron chi connectivity index (χ2n) is 4.69. The summed E-state index contributed by atoms with van der Waals surface area (Å²) in [5.41, 5.74) is 0.606. The summed E-state index contributed by atoms with van der Waals surface area (Å²) in [6.45, 7) is -0.173. The van der Waals surface area contributed by atoms with Gasteiger partial charge in [0.25, 0.3) is 0 Å². The van der Waals surface area contributed by atoms with Gasteiger partial charge >= 0.3 is 12.0 Å². The highest BCUT2D eigenvalue weighted by Gasteiger charge is 2.23. The number of para-hydroxylation sites is 1. The number of hydrogen-bond acceptors (Lipinski definition) is 4. The third-order valence-electron chi connectivity index (χ3n) is 2.93. The normalized spacial score (nSPS) is 13.2. The molecule has 1 aliphatic rings. The van der Waals surface area contributed by atoms with Crippen LogP contribution in [0.2, 0.25) is 0 Å². The van der Waals surface area contributed by atoms with Gasteiger partial charge in [0.05, 0.1) is 24.9 Å². The smallest absolute Gasteiger partial charge is 0.339 e. The third-order valence-corrected chi connectivity index (χ3v) is 2.93. The number of methoxy groups -OCH3 is 1. The monoisotopic (exact) mass is 291 g/mol. The summed E-state index contributed by atoms with van der Waals surface area (Å²) in [6, 6.07) is 6.36. The van der Waals surface area contributed by atoms with E-state index in [1.54, 1.807) is 24.3 Å². The van der Waals surface area contributed by atoms with Crippen LogP contribution in [0.3, 0.4) is 0 Å². The molecule has 1 fully saturated rings. The molecule has 2 rings (SSSR count). The number of carbonyl (C=O) groups is 3. The summed E-state index contributed by atoms with van der Waals surface area (Å²) in [4.78, 5) is 34.7. The maximum atomic E-state index is 11.8. The number of hydrogen-bond donors (Lipinski definition) is 3. The predicted octanol–water partition coefficient (Wildman–Crippen LogP) is 0.873. The summed E-state index contributed by atoms with van der Waals surface area (Å²) in [6.07, 6.45) is 1.96. The van der Waals surface area contributed by atoms with Gasteiger partial charge in [-0.05, 0) is 25.0 Å². The van der Waals surface area contributed by atoms with Gasteiger partial charge in [0.1, 0.15) is 0 Å². The van der Waals surface area contributed by atoms with Gasteiger partial charge in [-0.25, -0.2) is 9.59 Å². The summed E-state index contributed by atoms with van der Waals surface area (Å²) in [5.74, 6) is -0.956. The molecule has 1 aromatic carbocycles. The third kappa shape index (κ3) is 4.48. The van der Waals surface area contributed by atoms with Gasteiger partial charge in [-0.15, -0.1) is 0 Å². The van der Waals surface area contributed by atoms with Gasteiger partial charge in [0.2, 0.25) is 5.91 Å². The first-order valence-corrected chi connectivity index (χ1v) is 6.61. The second kappa shape index (κ2) is 6.74. The van der Waals surface area contributed by atoms with Gasteiger partial charge in [-0.1, -0.05) is 12.1 Å². The molecule has 21 heavy (non-hydrogen) atoms. The van der Waals surface area contributed by atoms with E-state index >= 15 is 0 Å². The number of carbonyl (C=O) groups excluding carboxylic acids is 3. The number of amides is 3. The molecule has 3 amide bonds. The molecule has 0 saturated heterocycles. The molecule has 3 N–H and O–H groups in total. The van der Waals surface area contributed by atoms with Crippen LogP contribution in [0.15, 0.2) is 24.3 Å². The van der Waals surface area contributed by atoms with Crippen LogP contribution in [0, 0.1) is 0 Å². The highest BCUT2D eigenvalue weighted by molar-refractivity contribution is 6.02. The summed E-state index contributed by atoms with van der Waals surface area (Å²) >= 11 is 0. The van der Waals surface area contributed by atoms with Crippen molar-refractivity contribution in [1.82, 2.24) is 10.6 Å². The molecule has 0 bridgehead atoms. The SMILES string of the molecule is COC(=O)c1ccccc1NC(=O)CNC(=O)NC1CC1. The fourth-order valence-corrected chi connectivity index (χ4v) is 1.70. The molecule has 0 aromatic heterocycles. The average molecular weight is 291 g/mol. The molecule has 0 unspecified atom stereocenters. The summed E-state index contributed by atoms with van der Waals surface area (Å²) < 4.78 is 4.64. The fourth-order valence-electron chi connectivity index (χ4n) is 1.70. The molecule has 7 heteroatoms. The Bertz CT molecular complexity index is 555. The molecular formula is C14H17N3O4. The number of rotatable bonds is 5. The van der Waals surface area contributed by atoms with Crippen LogP contribution in [0.5, 0.6) is 0 Å². The lowest BCUT2D eigenvalue weighted by Gasteiger charge is -2.10. The van der Waals surface area contributed by atoms with Crippen LogP contribution in [0.25, 0.3) is 0 Å². The van der Waals surface area contributed by atoms with Gasteiger partial charge in [0, 0.05) is 6.04 Å². The van der Waals surface area contributed by atoms with E-state index in [1.807, 2.05) is 0 Å². The van der Waals surface area contributed by atoms with E-state index in [1.165, 1.54) is 7.11 Å². The van der Waals surface area contributed by atoms with E-state index in [9.17, 15) is 14.4 Å². The highest BCUT2D eigenvalue weighted by atomic mass is 16.5. The van der Waals surface area contributed by atoms with Gasteiger partial charge in [-0.2, -0.15) is 0 Å². The van der Waals surface area contributed by atoms with Crippen molar-refractivity contribution in [2.24, 2.45) is 0 Å². The number of esters is 1. The van der Waals surface area contributed by atoms with E-state index < -0.39 is 11.9 Å². The lowest BCUT2D eigenvalue weighted by Crippen LogP contribution is -2.41. The number of nitrogens with one attached hydrogen (secondary N) is 3. The molecule has 0 atom stereocenters. The molecule has 1 saturated carbocycles. The second-order valence-corrected chi connectivity index (χ2v) is 4.69. The Hall–Kier alpha value is -2.57. The Balaban J connectivity index is 1.87. The van der Waals surface area contributed by atoms with Crippen LogP contribution < -0.4 is 16.0 Å². The Morgan fingerprint density at radius 2 is 1.95 bits per heavy atom. The largest absolute Gasteiger partial charge is 0.465 e. The van der Waals surface area contributed by atoms with Crippen LogP contribution in [0.4, 0.5) is 10.5 Å². The topological polar surface area (TPSA) is 96.5 Å². The van der Waals surface area contributed by atoms with E-state index in [2.05, 4.69) is 20.7 Å². The molecule has 0 spiro atoms. The van der Waals surface area contributed by atoms with Gasteiger partial charge in [0.15, 0.2) is 0 Å². The first-order chi connectivity index (χ1) is 10.1. The minimum atomic E-state index is -0.537. The van der Waals surface area contributed by atoms with Crippen molar-refractivity contribution in [1.29, 1.82) is 0 Å². The number of benzene rings is 1. The maximum absolute atomic E-state index is 11.8. The zero-order valence-electron chi connectivity index (χ0n) is 11.6. The van der Waals surface area contributed by atoms with Crippen LogP contribution in [0.1, 0.15) is 23.2 Å². The lowest BCUT2D eigenvalue weighted by molar-refractivity contribution is -0.115. The van der Waals surface area contributed by atoms with E-state index in [0.29, 0.717) is 5.69 Å². The van der Waals surface area contributed by atoms with Crippen molar-refractivity contribution >= 4 is 23.6 Å². The molecule has 1 aliphatic carbocycles. The zero-order valence-corrected chi connectivity index (χ0v) is 11.6. The van der Waals surface area contributed by atoms with Crippen molar-refractivity contribution in [3.05, 3.63) is 29.8 Å². The Kier molecular flexibility index (Phi) is 4.76. The number of urea groups is 1. The molecule has 112 valence electrons. The van der Waals surface area contributed by atoms with Crippen molar-refractivity contribution in [3.63, 3.8) is 0 Å². The number of ether oxygens (including phenoxy) is 1. The van der Waals surface area contributed by atoms with E-state index in [-0.39, 0.29) is 24.2 Å². The van der Waals surface area contributed by atoms with Crippen LogP contribution >= 0.6 is 0 Å². The first-order valence-electron chi connectivity index (χ1n) is 6.61. The fraction of sp³-hybridized carbons (Fsp3) is 0.357. The highest BCUT2D eigenvalue weighted by Crippen LogP contribution is 2.18. The molecule has 0 radical (unpaired) electrons. The van der Waals surface area contributed by atoms with Crippen molar-refractivity contribution < 1.29 is 19.1 Å². The minimum absolute atomic E-state index is 0.173. The molecular weight excluding hydrogens is 274 g/mol. The Morgan fingerprint density at radius 3 is 2.62 bits per heavy atom. The van der Waals surface area contributed by atoms with Crippen molar-refractivity contribution in [2.75, 3.05) is 19.0 Å². The van der Waals surface area contributed by atoms with Crippen molar-refractivity contribution in [2.45, 2.75) is 18.9 Å². The van der Waals surface area contributed by atoms with Gasteiger partial charge < -0.3 is 20.7 Å². The molecule has 0 heterocycles. The predicted molar refractivity (Wildman–Crippen MR) is 76.0 cm³/mol. The van der Waals surface area contributed by atoms with E-state index in [4.69, 9.17) is 0 Å². The van der Waals surface area contributed by atoms with Crippen LogP contribution in [-0.4, -0.2) is 37.6 Å². The quantitative estimate of drug-likeness (QED) is 0.701. The Labute approximate surface area is 122 Å². The minimum Gasteiger partial charge on any atom is -0.465 e. The molecule has 0 aliphatic heterocycles. The average Bonchev–Trinajstić information content (AvgIpc) is 3.29. The van der Waals surface area contributed by atoms with Gasteiger partial charge in [-0.3, -0.25) is 4.79 Å². The van der Waals surface area contributed by atoms with Crippen molar-refractivity contribution in [3.8, 4) is 0 Å². The lowest BCUT2D eigenvalue weighted by atomic mass is 10.2. The first kappa shape index (κ1) is 14.8. The van der Waals surface area contributed by atoms with E-state index in [0.717, 1.165) is 12.8 Å². The summed E-state index contributed by atoms with van der Waals surface area (Å²) in [7, 11) is 1.27. The molecule has 7 nitrogen and oxygen atoms in total. The zero-order chi connectivity index (χ0) is 15.2.